The molecule has 0 aliphatic carbocycles. The van der Waals surface area contributed by atoms with Gasteiger partial charge in [-0.3, -0.25) is 4.79 Å². The highest BCUT2D eigenvalue weighted by atomic mass is 16.1. The molecule has 2 rings (SSSR count). The van der Waals surface area contributed by atoms with Crippen molar-refractivity contribution in [3.63, 3.8) is 0 Å². The second-order valence-corrected chi connectivity index (χ2v) is 4.65. The third kappa shape index (κ3) is 3.57. The van der Waals surface area contributed by atoms with Crippen molar-refractivity contribution in [1.29, 1.82) is 5.26 Å². The number of hydrogen-bond donors (Lipinski definition) is 2. The van der Waals surface area contributed by atoms with E-state index in [4.69, 9.17) is 5.26 Å². The fraction of sp³-hybridized carbons (Fsp3) is 0.429. The van der Waals surface area contributed by atoms with Crippen LogP contribution in [0.15, 0.2) is 24.3 Å². The number of piperidine rings is 1. The van der Waals surface area contributed by atoms with Crippen LogP contribution >= 0.6 is 0 Å². The summed E-state index contributed by atoms with van der Waals surface area (Å²) < 4.78 is 0. The molecular weight excluding hydrogens is 226 g/mol. The highest BCUT2D eigenvalue weighted by molar-refractivity contribution is 5.90. The minimum atomic E-state index is 0.0495. The zero-order valence-electron chi connectivity index (χ0n) is 10.3. The molecule has 1 fully saturated rings. The van der Waals surface area contributed by atoms with Crippen molar-refractivity contribution in [3.8, 4) is 6.07 Å². The SMILES string of the molecule is N#Cc1ccc(NC(=O)CC2CCCNC2)cc1. The van der Waals surface area contributed by atoms with Gasteiger partial charge in [-0.05, 0) is 56.1 Å². The summed E-state index contributed by atoms with van der Waals surface area (Å²) in [5, 5.41) is 14.8. The third-order valence-electron chi connectivity index (χ3n) is 3.17. The van der Waals surface area contributed by atoms with Gasteiger partial charge < -0.3 is 10.6 Å². The van der Waals surface area contributed by atoms with Gasteiger partial charge in [-0.25, -0.2) is 0 Å². The maximum Gasteiger partial charge on any atom is 0.224 e. The lowest BCUT2D eigenvalue weighted by molar-refractivity contribution is -0.117. The van der Waals surface area contributed by atoms with Crippen LogP contribution in [0.5, 0.6) is 0 Å². The molecule has 0 bridgehead atoms. The molecule has 4 heteroatoms. The Morgan fingerprint density at radius 3 is 2.83 bits per heavy atom. The van der Waals surface area contributed by atoms with Gasteiger partial charge in [0.2, 0.25) is 5.91 Å². The van der Waals surface area contributed by atoms with Crippen molar-refractivity contribution in [2.75, 3.05) is 18.4 Å². The lowest BCUT2D eigenvalue weighted by atomic mass is 9.96. The highest BCUT2D eigenvalue weighted by Crippen LogP contribution is 2.16. The Balaban J connectivity index is 1.84. The number of hydrogen-bond acceptors (Lipinski definition) is 3. The fourth-order valence-corrected chi connectivity index (χ4v) is 2.20. The summed E-state index contributed by atoms with van der Waals surface area (Å²) in [5.74, 6) is 0.491. The predicted octanol–water partition coefficient (Wildman–Crippen LogP) is 1.89. The van der Waals surface area contributed by atoms with Crippen LogP contribution in [0, 0.1) is 17.2 Å². The topological polar surface area (TPSA) is 64.9 Å². The normalized spacial score (nSPS) is 18.9. The van der Waals surface area contributed by atoms with Crippen molar-refractivity contribution in [1.82, 2.24) is 5.32 Å². The average molecular weight is 243 g/mol. The van der Waals surface area contributed by atoms with Crippen LogP contribution in [0.3, 0.4) is 0 Å². The van der Waals surface area contributed by atoms with Crippen LogP contribution in [-0.2, 0) is 4.79 Å². The van der Waals surface area contributed by atoms with E-state index >= 15 is 0 Å². The molecule has 94 valence electrons. The Morgan fingerprint density at radius 1 is 1.44 bits per heavy atom. The number of nitrogens with one attached hydrogen (secondary N) is 2. The van der Waals surface area contributed by atoms with Crippen molar-refractivity contribution >= 4 is 11.6 Å². The molecule has 1 atom stereocenters. The van der Waals surface area contributed by atoms with Gasteiger partial charge >= 0.3 is 0 Å². The number of nitriles is 1. The Bertz CT molecular complexity index is 441. The second kappa shape index (κ2) is 6.18. The molecule has 1 heterocycles. The highest BCUT2D eigenvalue weighted by Gasteiger charge is 2.16. The molecule has 0 aromatic heterocycles. The van der Waals surface area contributed by atoms with Crippen molar-refractivity contribution in [3.05, 3.63) is 29.8 Å². The molecule has 2 N–H and O–H groups in total. The number of amides is 1. The molecule has 18 heavy (non-hydrogen) atoms. The molecule has 1 aliphatic heterocycles. The van der Waals surface area contributed by atoms with E-state index in [0.717, 1.165) is 31.6 Å². The number of rotatable bonds is 3. The van der Waals surface area contributed by atoms with Gasteiger partial charge in [0.1, 0.15) is 0 Å². The molecular formula is C14H17N3O. The minimum Gasteiger partial charge on any atom is -0.326 e. The van der Waals surface area contributed by atoms with E-state index in [0.29, 0.717) is 17.9 Å². The molecule has 1 amide bonds. The molecule has 1 saturated heterocycles. The van der Waals surface area contributed by atoms with Crippen LogP contribution in [0.25, 0.3) is 0 Å². The standard InChI is InChI=1S/C14H17N3O/c15-9-11-3-5-13(6-4-11)17-14(18)8-12-2-1-7-16-10-12/h3-6,12,16H,1-2,7-8,10H2,(H,17,18). The van der Waals surface area contributed by atoms with E-state index in [2.05, 4.69) is 16.7 Å². The Kier molecular flexibility index (Phi) is 4.32. The van der Waals surface area contributed by atoms with Crippen molar-refractivity contribution < 1.29 is 4.79 Å². The van der Waals surface area contributed by atoms with Crippen LogP contribution in [0.2, 0.25) is 0 Å². The molecule has 0 radical (unpaired) electrons. The molecule has 1 aromatic carbocycles. The average Bonchev–Trinajstić information content (AvgIpc) is 2.40. The van der Waals surface area contributed by atoms with Crippen LogP contribution in [0.1, 0.15) is 24.8 Å². The van der Waals surface area contributed by atoms with Gasteiger partial charge in [-0.2, -0.15) is 5.26 Å². The van der Waals surface area contributed by atoms with Gasteiger partial charge in [-0.1, -0.05) is 0 Å². The van der Waals surface area contributed by atoms with Gasteiger partial charge in [0, 0.05) is 12.1 Å². The first-order valence-electron chi connectivity index (χ1n) is 6.28. The number of carbonyl (C=O) groups is 1. The van der Waals surface area contributed by atoms with E-state index in [1.54, 1.807) is 24.3 Å². The van der Waals surface area contributed by atoms with E-state index in [9.17, 15) is 4.79 Å². The fourth-order valence-electron chi connectivity index (χ4n) is 2.20. The number of benzene rings is 1. The maximum absolute atomic E-state index is 11.8. The minimum absolute atomic E-state index is 0.0495. The van der Waals surface area contributed by atoms with Crippen LogP contribution < -0.4 is 10.6 Å². The molecule has 1 aliphatic rings. The molecule has 4 nitrogen and oxygen atoms in total. The quantitative estimate of drug-likeness (QED) is 0.852. The predicted molar refractivity (Wildman–Crippen MR) is 70.0 cm³/mol. The van der Waals surface area contributed by atoms with Crippen LogP contribution in [0.4, 0.5) is 5.69 Å². The van der Waals surface area contributed by atoms with Gasteiger partial charge in [0.15, 0.2) is 0 Å². The summed E-state index contributed by atoms with van der Waals surface area (Å²) in [7, 11) is 0. The molecule has 1 unspecified atom stereocenters. The lowest BCUT2D eigenvalue weighted by Gasteiger charge is -2.22. The summed E-state index contributed by atoms with van der Waals surface area (Å²) in [4.78, 5) is 11.8. The van der Waals surface area contributed by atoms with Crippen molar-refractivity contribution in [2.45, 2.75) is 19.3 Å². The molecule has 1 aromatic rings. The van der Waals surface area contributed by atoms with Gasteiger partial charge in [0.25, 0.3) is 0 Å². The first kappa shape index (κ1) is 12.6. The van der Waals surface area contributed by atoms with E-state index in [1.165, 1.54) is 0 Å². The van der Waals surface area contributed by atoms with Crippen molar-refractivity contribution in [2.24, 2.45) is 5.92 Å². The first-order chi connectivity index (χ1) is 8.78. The summed E-state index contributed by atoms with van der Waals surface area (Å²) in [6.45, 7) is 1.99. The number of anilines is 1. The Morgan fingerprint density at radius 2 is 2.22 bits per heavy atom. The zero-order valence-corrected chi connectivity index (χ0v) is 10.3. The maximum atomic E-state index is 11.8. The van der Waals surface area contributed by atoms with E-state index in [-0.39, 0.29) is 5.91 Å². The molecule has 0 spiro atoms. The second-order valence-electron chi connectivity index (χ2n) is 4.65. The molecule has 0 saturated carbocycles. The van der Waals surface area contributed by atoms with Gasteiger partial charge in [0.05, 0.1) is 11.6 Å². The Labute approximate surface area is 107 Å². The number of carbonyl (C=O) groups excluding carboxylic acids is 1. The van der Waals surface area contributed by atoms with E-state index < -0.39 is 0 Å². The summed E-state index contributed by atoms with van der Waals surface area (Å²) in [5.41, 5.74) is 1.35. The van der Waals surface area contributed by atoms with Gasteiger partial charge in [-0.15, -0.1) is 0 Å². The van der Waals surface area contributed by atoms with E-state index in [1.807, 2.05) is 0 Å². The Hall–Kier alpha value is -1.86. The largest absolute Gasteiger partial charge is 0.326 e. The monoisotopic (exact) mass is 243 g/mol. The van der Waals surface area contributed by atoms with Crippen LogP contribution in [-0.4, -0.2) is 19.0 Å². The summed E-state index contributed by atoms with van der Waals surface area (Å²) >= 11 is 0. The summed E-state index contributed by atoms with van der Waals surface area (Å²) in [6.07, 6.45) is 2.83. The zero-order chi connectivity index (χ0) is 12.8. The number of nitrogens with zero attached hydrogens (tertiary/aromatic N) is 1. The first-order valence-corrected chi connectivity index (χ1v) is 6.28. The third-order valence-corrected chi connectivity index (χ3v) is 3.17. The smallest absolute Gasteiger partial charge is 0.224 e. The lowest BCUT2D eigenvalue weighted by Crippen LogP contribution is -2.32. The summed E-state index contributed by atoms with van der Waals surface area (Å²) in [6, 6.07) is 8.98.